The van der Waals surface area contributed by atoms with Gasteiger partial charge < -0.3 is 18.9 Å². The number of aliphatic hydroxyl groups is 1. The molecule has 0 radical (unpaired) electrons. The lowest BCUT2D eigenvalue weighted by molar-refractivity contribution is -0.146. The molecule has 11 heteroatoms. The molecule has 0 aliphatic carbocycles. The highest BCUT2D eigenvalue weighted by molar-refractivity contribution is 6.72. The number of aryl methyl sites for hydroxylation is 2. The third-order valence-electron chi connectivity index (χ3n) is 11.4. The van der Waals surface area contributed by atoms with Crippen molar-refractivity contribution >= 4 is 37.3 Å². The van der Waals surface area contributed by atoms with E-state index in [1.165, 1.54) is 0 Å². The Balaban J connectivity index is 1.07. The van der Waals surface area contributed by atoms with Crippen molar-refractivity contribution in [2.24, 2.45) is 5.92 Å². The Kier molecular flexibility index (Phi) is 9.12. The molecule has 0 saturated carbocycles. The third-order valence-corrected chi connectivity index (χ3v) is 13.9. The van der Waals surface area contributed by atoms with Gasteiger partial charge in [0.2, 0.25) is 14.3 Å². The maximum absolute atomic E-state index is 16.4. The topological polar surface area (TPSA) is 101 Å². The minimum absolute atomic E-state index is 0.0391. The maximum atomic E-state index is 16.4. The highest BCUT2D eigenvalue weighted by Gasteiger charge is 2.66. The van der Waals surface area contributed by atoms with Crippen LogP contribution < -0.4 is 9.80 Å². The first-order chi connectivity index (χ1) is 25.6. The predicted octanol–water partition coefficient (Wildman–Crippen LogP) is 7.43. The maximum Gasteiger partial charge on any atom is 0.264 e. The average Bonchev–Trinajstić information content (AvgIpc) is 3.82. The van der Waals surface area contributed by atoms with Gasteiger partial charge in [-0.25, -0.2) is 0 Å². The number of halogens is 1. The Bertz CT molecular complexity index is 2150. The Hall–Kier alpha value is -4.97. The molecule has 3 aliphatic rings. The van der Waals surface area contributed by atoms with Crippen LogP contribution in [-0.2, 0) is 39.4 Å². The largest absolute Gasteiger partial charge is 0.395 e. The second-order valence-electron chi connectivity index (χ2n) is 15.0. The van der Waals surface area contributed by atoms with E-state index in [9.17, 15) is 14.7 Å². The lowest BCUT2D eigenvalue weighted by Gasteiger charge is -2.31. The number of hydrogen-bond donors (Lipinski definition) is 1. The molecule has 1 N–H and O–H groups in total. The lowest BCUT2D eigenvalue weighted by Crippen LogP contribution is -2.45. The first kappa shape index (κ1) is 35.1. The van der Waals surface area contributed by atoms with Gasteiger partial charge in [0, 0.05) is 41.9 Å². The molecule has 9 nitrogen and oxygen atoms in total. The van der Waals surface area contributed by atoms with Gasteiger partial charge in [0.15, 0.2) is 5.60 Å². The molecular formula is C42H44FN5O4Si. The summed E-state index contributed by atoms with van der Waals surface area (Å²) in [5, 5.41) is 18.9. The number of benzene rings is 4. The molecule has 0 bridgehead atoms. The van der Waals surface area contributed by atoms with E-state index in [-0.39, 0.29) is 30.9 Å². The minimum atomic E-state index is -3.37. The molecule has 53 heavy (non-hydrogen) atoms. The van der Waals surface area contributed by atoms with E-state index in [0.29, 0.717) is 31.5 Å². The summed E-state index contributed by atoms with van der Waals surface area (Å²) in [6.07, 6.45) is 2.89. The molecule has 3 aliphatic heterocycles. The van der Waals surface area contributed by atoms with Crippen molar-refractivity contribution in [2.75, 3.05) is 16.4 Å². The molecule has 5 atom stereocenters. The van der Waals surface area contributed by atoms with Crippen molar-refractivity contribution in [1.82, 2.24) is 15.0 Å². The van der Waals surface area contributed by atoms with Gasteiger partial charge in [0.05, 0.1) is 42.2 Å². The molecule has 4 heterocycles. The number of amides is 2. The number of nitrogens with zero attached hydrogens (tertiary/aromatic N) is 5. The monoisotopic (exact) mass is 729 g/mol. The normalized spacial score (nSPS) is 23.1. The smallest absolute Gasteiger partial charge is 0.264 e. The van der Waals surface area contributed by atoms with Crippen LogP contribution in [0.25, 0.3) is 0 Å². The Morgan fingerprint density at radius 1 is 0.943 bits per heavy atom. The molecule has 1 saturated heterocycles. The minimum Gasteiger partial charge on any atom is -0.395 e. The summed E-state index contributed by atoms with van der Waals surface area (Å²) in [4.78, 5) is 31.7. The van der Waals surface area contributed by atoms with Crippen molar-refractivity contribution in [2.45, 2.75) is 75.5 Å². The van der Waals surface area contributed by atoms with E-state index in [0.717, 1.165) is 39.3 Å². The number of para-hydroxylation sites is 2. The summed E-state index contributed by atoms with van der Waals surface area (Å²) >= 11 is 0. The third kappa shape index (κ3) is 6.10. The molecule has 272 valence electrons. The summed E-state index contributed by atoms with van der Waals surface area (Å²) in [7, 11) is -3.37. The Labute approximate surface area is 310 Å². The molecule has 1 spiro atoms. The fourth-order valence-corrected chi connectivity index (χ4v) is 11.6. The van der Waals surface area contributed by atoms with Gasteiger partial charge in [-0.1, -0.05) is 91.0 Å². The summed E-state index contributed by atoms with van der Waals surface area (Å²) in [6.45, 7) is 5.96. The van der Waals surface area contributed by atoms with E-state index in [1.54, 1.807) is 27.6 Å². The van der Waals surface area contributed by atoms with E-state index >= 15 is 4.11 Å². The van der Waals surface area contributed by atoms with Crippen LogP contribution in [0.5, 0.6) is 0 Å². The van der Waals surface area contributed by atoms with E-state index in [1.807, 2.05) is 110 Å². The fraction of sp³-hybridized carbons (Fsp3) is 0.333. The van der Waals surface area contributed by atoms with Gasteiger partial charge >= 0.3 is 0 Å². The van der Waals surface area contributed by atoms with Crippen LogP contribution in [-0.4, -0.2) is 53.0 Å². The van der Waals surface area contributed by atoms with Crippen LogP contribution in [0.4, 0.5) is 21.2 Å². The standard InChI is InChI=1S/C42H44FN5O4Si/c1-28-40(53(2,3)43)38(22-23-46-26-35(44-45-46)33(27-49)30-13-5-4-6-14-30)52-42(28)34-17-8-10-19-37(34)47(41(42)51)25-29-12-11-16-32(24-29)48-36-18-9-7-15-31(36)20-21-39(48)50/h4-19,24,26,28,33,38,40,49H,20-23,25,27H2,1-3H3/t28-,33?,38+,40-,42+/m0/s1. The Morgan fingerprint density at radius 2 is 1.68 bits per heavy atom. The summed E-state index contributed by atoms with van der Waals surface area (Å²) in [6, 6.07) is 33.2. The van der Waals surface area contributed by atoms with Crippen molar-refractivity contribution in [3.05, 3.63) is 137 Å². The summed E-state index contributed by atoms with van der Waals surface area (Å²) in [5.41, 5.74) is 4.96. The molecule has 8 rings (SSSR count). The van der Waals surface area contributed by atoms with Crippen molar-refractivity contribution in [1.29, 1.82) is 0 Å². The van der Waals surface area contributed by atoms with Crippen molar-refractivity contribution < 1.29 is 23.5 Å². The van der Waals surface area contributed by atoms with Crippen LogP contribution in [0, 0.1) is 5.92 Å². The SMILES string of the molecule is C[C@H]1[C@H]([Si](C)(C)F)[C@@H](CCn2cc(C(CO)c3ccccc3)nn2)O[C@]12C(=O)N(Cc1cccc(N3C(=O)CCc4ccccc43)c1)c1ccccc12. The summed E-state index contributed by atoms with van der Waals surface area (Å²) in [5.74, 6) is -0.887. The van der Waals surface area contributed by atoms with Crippen LogP contribution in [0.2, 0.25) is 18.6 Å². The quantitative estimate of drug-likeness (QED) is 0.119. The van der Waals surface area contributed by atoms with Gasteiger partial charge in [0.1, 0.15) is 0 Å². The number of hydrogen-bond acceptors (Lipinski definition) is 6. The van der Waals surface area contributed by atoms with E-state index in [2.05, 4.69) is 16.4 Å². The van der Waals surface area contributed by atoms with E-state index in [4.69, 9.17) is 4.74 Å². The zero-order valence-electron chi connectivity index (χ0n) is 30.2. The van der Waals surface area contributed by atoms with Crippen LogP contribution >= 0.6 is 0 Å². The van der Waals surface area contributed by atoms with Crippen LogP contribution in [0.15, 0.2) is 109 Å². The van der Waals surface area contributed by atoms with Gasteiger partial charge in [-0.05, 0) is 66.9 Å². The number of aromatic nitrogens is 3. The summed E-state index contributed by atoms with van der Waals surface area (Å²) < 4.78 is 25.1. The average molecular weight is 730 g/mol. The number of ether oxygens (including phenoxy) is 1. The predicted molar refractivity (Wildman–Crippen MR) is 204 cm³/mol. The fourth-order valence-electron chi connectivity index (χ4n) is 9.01. The first-order valence-electron chi connectivity index (χ1n) is 18.4. The highest BCUT2D eigenvalue weighted by Crippen LogP contribution is 2.60. The van der Waals surface area contributed by atoms with Gasteiger partial charge in [-0.2, -0.15) is 0 Å². The number of carbonyl (C=O) groups excluding carboxylic acids is 2. The van der Waals surface area contributed by atoms with Gasteiger partial charge in [0.25, 0.3) is 5.91 Å². The first-order valence-corrected chi connectivity index (χ1v) is 21.4. The van der Waals surface area contributed by atoms with Crippen molar-refractivity contribution in [3.63, 3.8) is 0 Å². The number of rotatable bonds is 10. The van der Waals surface area contributed by atoms with Crippen LogP contribution in [0.1, 0.15) is 53.6 Å². The number of aliphatic hydroxyl groups excluding tert-OH is 1. The van der Waals surface area contributed by atoms with Crippen molar-refractivity contribution in [3.8, 4) is 0 Å². The molecule has 4 aromatic carbocycles. The molecule has 1 aromatic heterocycles. The van der Waals surface area contributed by atoms with Gasteiger partial charge in [-0.15, -0.1) is 5.10 Å². The molecule has 5 aromatic rings. The second-order valence-corrected chi connectivity index (χ2v) is 18.8. The zero-order valence-corrected chi connectivity index (χ0v) is 31.2. The molecule has 1 unspecified atom stereocenters. The Morgan fingerprint density at radius 3 is 2.45 bits per heavy atom. The van der Waals surface area contributed by atoms with Crippen LogP contribution in [0.3, 0.4) is 0 Å². The highest BCUT2D eigenvalue weighted by atomic mass is 28.4. The second kappa shape index (κ2) is 13.8. The lowest BCUT2D eigenvalue weighted by atomic mass is 9.82. The van der Waals surface area contributed by atoms with Gasteiger partial charge in [-0.3, -0.25) is 19.2 Å². The number of anilines is 3. The molecule has 2 amide bonds. The van der Waals surface area contributed by atoms with E-state index < -0.39 is 31.6 Å². The zero-order chi connectivity index (χ0) is 36.9. The number of carbonyl (C=O) groups is 2. The molecular weight excluding hydrogens is 686 g/mol. The number of fused-ring (bicyclic) bond motifs is 3. The molecule has 1 fully saturated rings.